The van der Waals surface area contributed by atoms with E-state index in [1.165, 1.54) is 25.7 Å². The van der Waals surface area contributed by atoms with Crippen molar-refractivity contribution in [1.29, 1.82) is 5.26 Å². The maximum absolute atomic E-state index is 13.9. The molecule has 7 atom stereocenters. The Morgan fingerprint density at radius 2 is 1.89 bits per heavy atom. The number of carbonyl (C=O) groups excluding carboxylic acids is 3. The zero-order valence-electron chi connectivity index (χ0n) is 20.6. The number of nitrogens with zero attached hydrogens (tertiary/aromatic N) is 3. The molecule has 2 heterocycles. The lowest BCUT2D eigenvalue weighted by molar-refractivity contribution is -0.194. The van der Waals surface area contributed by atoms with E-state index in [4.69, 9.17) is 5.73 Å². The Morgan fingerprint density at radius 1 is 1.29 bits per heavy atom. The molecule has 1 aliphatic carbocycles. The van der Waals surface area contributed by atoms with Gasteiger partial charge in [-0.3, -0.25) is 19.7 Å². The van der Waals surface area contributed by atoms with Gasteiger partial charge in [0.05, 0.1) is 6.07 Å². The van der Waals surface area contributed by atoms with Gasteiger partial charge in [0.25, 0.3) is 0 Å². The molecule has 0 bridgehead atoms. The van der Waals surface area contributed by atoms with Crippen LogP contribution in [0.2, 0.25) is 0 Å². The Bertz CT molecular complexity index is 926. The molecule has 1 saturated carbocycles. The van der Waals surface area contributed by atoms with Crippen LogP contribution >= 0.6 is 0 Å². The Hall–Kier alpha value is -2.39. The van der Waals surface area contributed by atoms with E-state index in [0.717, 1.165) is 0 Å². The quantitative estimate of drug-likeness (QED) is 0.496. The first-order chi connectivity index (χ1) is 15.9. The van der Waals surface area contributed by atoms with Crippen LogP contribution < -0.4 is 11.1 Å². The summed E-state index contributed by atoms with van der Waals surface area (Å²) in [5.74, 6) is -4.73. The van der Waals surface area contributed by atoms with Gasteiger partial charge in [-0.1, -0.05) is 34.6 Å². The van der Waals surface area contributed by atoms with Gasteiger partial charge in [0.2, 0.25) is 11.8 Å². The van der Waals surface area contributed by atoms with E-state index in [0.29, 0.717) is 17.9 Å². The Kier molecular flexibility index (Phi) is 6.94. The third-order valence-electron chi connectivity index (χ3n) is 7.92. The summed E-state index contributed by atoms with van der Waals surface area (Å²) in [5, 5.41) is 22.7. The number of hydrogen-bond acceptors (Lipinski definition) is 6. The third kappa shape index (κ3) is 4.85. The highest BCUT2D eigenvalue weighted by Gasteiger charge is 2.70. The molecule has 2 aliphatic heterocycles. The van der Waals surface area contributed by atoms with Crippen LogP contribution in [-0.4, -0.2) is 76.2 Å². The summed E-state index contributed by atoms with van der Waals surface area (Å²) in [4.78, 5) is 40.4. The summed E-state index contributed by atoms with van der Waals surface area (Å²) in [7, 11) is 0. The first-order valence-electron chi connectivity index (χ1n) is 11.7. The molecule has 0 aromatic carbocycles. The number of nitrogens with two attached hydrogens (primary N) is 1. The van der Waals surface area contributed by atoms with Gasteiger partial charge in [-0.15, -0.1) is 0 Å². The number of fused-ring (bicyclic) bond motifs is 1. The van der Waals surface area contributed by atoms with Gasteiger partial charge in [0, 0.05) is 12.5 Å². The van der Waals surface area contributed by atoms with Crippen molar-refractivity contribution in [1.82, 2.24) is 15.1 Å². The molecule has 3 aliphatic rings. The fourth-order valence-electron chi connectivity index (χ4n) is 5.99. The van der Waals surface area contributed by atoms with Gasteiger partial charge in [-0.05, 0) is 42.1 Å². The molecule has 9 nitrogen and oxygen atoms in total. The maximum atomic E-state index is 13.9. The van der Waals surface area contributed by atoms with Crippen molar-refractivity contribution in [3.05, 3.63) is 0 Å². The van der Waals surface area contributed by atoms with Crippen molar-refractivity contribution >= 4 is 17.7 Å². The van der Waals surface area contributed by atoms with Crippen LogP contribution in [0.15, 0.2) is 0 Å². The lowest BCUT2D eigenvalue weighted by Crippen LogP contribution is -2.64. The van der Waals surface area contributed by atoms with Gasteiger partial charge >= 0.3 is 12.1 Å². The zero-order valence-corrected chi connectivity index (χ0v) is 20.6. The molecule has 12 heteroatoms. The highest BCUT2D eigenvalue weighted by atomic mass is 19.4. The number of piperidine rings is 1. The fraction of sp³-hybridized carbons (Fsp3) is 0.826. The molecule has 3 unspecified atom stereocenters. The largest absolute Gasteiger partial charge is 0.471 e. The average Bonchev–Trinajstić information content (AvgIpc) is 3.09. The van der Waals surface area contributed by atoms with Gasteiger partial charge in [0.1, 0.15) is 24.4 Å². The Balaban J connectivity index is 2.03. The van der Waals surface area contributed by atoms with Crippen LogP contribution in [0.3, 0.4) is 0 Å². The minimum absolute atomic E-state index is 0.0391. The number of likely N-dealkylation sites (tertiary alicyclic amines) is 1. The van der Waals surface area contributed by atoms with Crippen LogP contribution in [0, 0.1) is 39.9 Å². The highest BCUT2D eigenvalue weighted by molar-refractivity contribution is 5.94. The SMILES string of the molecule is CC1(C)C2CN(C(=O)[C@@H](N(C(=O)C(F)(F)F)[C@@H](C#N)C[C@H]3CCN[C@@H]3O)C(C)(C)C)C(C(N)=O)C21. The summed E-state index contributed by atoms with van der Waals surface area (Å²) in [6, 6.07) is -2.55. The van der Waals surface area contributed by atoms with Crippen molar-refractivity contribution in [2.75, 3.05) is 13.1 Å². The van der Waals surface area contributed by atoms with E-state index in [2.05, 4.69) is 5.32 Å². The minimum Gasteiger partial charge on any atom is -0.378 e. The summed E-state index contributed by atoms with van der Waals surface area (Å²) in [6.07, 6.45) is -6.23. The standard InChI is InChI=1S/C23H34F3N5O4/c1-21(2,3)16(19(34)30-10-13-14(22(13,4)5)15(30)17(28)32)31(20(35)23(24,25)26)12(9-27)8-11-6-7-29-18(11)33/h11-16,18,29,33H,6-8,10H2,1-5H3,(H2,28,32)/t11-,12-,13?,14?,15?,16-,18-/m1/s1. The van der Waals surface area contributed by atoms with E-state index in [9.17, 15) is 37.9 Å². The second kappa shape index (κ2) is 8.92. The van der Waals surface area contributed by atoms with Crippen LogP contribution in [0.5, 0.6) is 0 Å². The molecule has 196 valence electrons. The van der Waals surface area contributed by atoms with E-state index >= 15 is 0 Å². The van der Waals surface area contributed by atoms with Gasteiger partial charge < -0.3 is 20.6 Å². The predicted octanol–water partition coefficient (Wildman–Crippen LogP) is 0.970. The molecular formula is C23H34F3N5O4. The molecule has 3 rings (SSSR count). The van der Waals surface area contributed by atoms with E-state index in [1.807, 2.05) is 13.8 Å². The Morgan fingerprint density at radius 3 is 2.31 bits per heavy atom. The molecule has 4 N–H and O–H groups in total. The van der Waals surface area contributed by atoms with Gasteiger partial charge in [0.15, 0.2) is 0 Å². The Labute approximate surface area is 202 Å². The molecular weight excluding hydrogens is 467 g/mol. The molecule has 0 aromatic heterocycles. The smallest absolute Gasteiger partial charge is 0.378 e. The number of halogens is 3. The van der Waals surface area contributed by atoms with Gasteiger partial charge in [-0.2, -0.15) is 18.4 Å². The number of carbonyl (C=O) groups is 3. The lowest BCUT2D eigenvalue weighted by atomic mass is 9.82. The highest BCUT2D eigenvalue weighted by Crippen LogP contribution is 2.65. The van der Waals surface area contributed by atoms with Crippen LogP contribution in [-0.2, 0) is 14.4 Å². The molecule has 0 spiro atoms. The topological polar surface area (TPSA) is 140 Å². The molecule has 0 aromatic rings. The number of hydrogen-bond donors (Lipinski definition) is 3. The molecule has 3 fully saturated rings. The first kappa shape index (κ1) is 27.2. The summed E-state index contributed by atoms with van der Waals surface area (Å²) in [5.41, 5.74) is 4.15. The van der Waals surface area contributed by atoms with E-state index < -0.39 is 59.6 Å². The minimum atomic E-state index is -5.34. The van der Waals surface area contributed by atoms with Gasteiger partial charge in [-0.25, -0.2) is 0 Å². The number of alkyl halides is 3. The second-order valence-corrected chi connectivity index (χ2v) is 11.6. The zero-order chi connectivity index (χ0) is 26.7. The maximum Gasteiger partial charge on any atom is 0.471 e. The van der Waals surface area contributed by atoms with Crippen LogP contribution in [0.1, 0.15) is 47.5 Å². The third-order valence-corrected chi connectivity index (χ3v) is 7.92. The monoisotopic (exact) mass is 501 g/mol. The second-order valence-electron chi connectivity index (χ2n) is 11.6. The van der Waals surface area contributed by atoms with Crippen molar-refractivity contribution in [3.8, 4) is 6.07 Å². The summed E-state index contributed by atoms with van der Waals surface area (Å²) in [6.45, 7) is 8.94. The number of aliphatic hydroxyl groups is 1. The lowest BCUT2D eigenvalue weighted by Gasteiger charge is -2.44. The van der Waals surface area contributed by atoms with Crippen LogP contribution in [0.4, 0.5) is 13.2 Å². The molecule has 35 heavy (non-hydrogen) atoms. The van der Waals surface area contributed by atoms with E-state index in [1.54, 1.807) is 6.07 Å². The average molecular weight is 502 g/mol. The van der Waals surface area contributed by atoms with E-state index in [-0.39, 0.29) is 30.2 Å². The number of nitriles is 1. The molecule has 3 amide bonds. The summed E-state index contributed by atoms with van der Waals surface area (Å²) < 4.78 is 41.4. The first-order valence-corrected chi connectivity index (χ1v) is 11.7. The van der Waals surface area contributed by atoms with Crippen molar-refractivity contribution in [2.24, 2.45) is 34.3 Å². The number of amides is 3. The normalized spacial score (nSPS) is 31.3. The summed E-state index contributed by atoms with van der Waals surface area (Å²) >= 11 is 0. The molecule has 2 saturated heterocycles. The number of primary amides is 1. The van der Waals surface area contributed by atoms with Crippen molar-refractivity contribution in [3.63, 3.8) is 0 Å². The number of aliphatic hydroxyl groups excluding tert-OH is 1. The predicted molar refractivity (Wildman–Crippen MR) is 118 cm³/mol. The molecule has 0 radical (unpaired) electrons. The number of rotatable bonds is 6. The van der Waals surface area contributed by atoms with Crippen molar-refractivity contribution < 1.29 is 32.7 Å². The van der Waals surface area contributed by atoms with Crippen LogP contribution in [0.25, 0.3) is 0 Å². The fourth-order valence-corrected chi connectivity index (χ4v) is 5.99. The van der Waals surface area contributed by atoms with Crippen molar-refractivity contribution in [2.45, 2.75) is 78.0 Å². The number of nitrogens with one attached hydrogen (secondary N) is 1.